The fourth-order valence-corrected chi connectivity index (χ4v) is 6.95. The lowest BCUT2D eigenvalue weighted by Crippen LogP contribution is -2.40. The van der Waals surface area contributed by atoms with Crippen molar-refractivity contribution in [2.24, 2.45) is 0 Å². The van der Waals surface area contributed by atoms with Crippen molar-refractivity contribution in [3.05, 3.63) is 83.9 Å². The van der Waals surface area contributed by atoms with Crippen LogP contribution in [-0.2, 0) is 22.1 Å². The molecule has 2 nitrogen and oxygen atoms in total. The maximum atomic E-state index is 6.71. The minimum absolute atomic E-state index is 0.172. The van der Waals surface area contributed by atoms with Gasteiger partial charge in [0.25, 0.3) is 0 Å². The Morgan fingerprint density at radius 2 is 1.00 bits per heavy atom. The smallest absolute Gasteiger partial charge is 0.192 e. The van der Waals surface area contributed by atoms with E-state index >= 15 is 0 Å². The molecule has 0 spiro atoms. The summed E-state index contributed by atoms with van der Waals surface area (Å²) in [5, 5.41) is 8.26. The van der Waals surface area contributed by atoms with Gasteiger partial charge in [0.1, 0.15) is 0 Å². The molecule has 0 aromatic heterocycles. The molecule has 5 rings (SSSR count). The van der Waals surface area contributed by atoms with Crippen molar-refractivity contribution in [3.8, 4) is 11.1 Å². The van der Waals surface area contributed by atoms with Gasteiger partial charge in [-0.2, -0.15) is 0 Å². The van der Waals surface area contributed by atoms with Gasteiger partial charge in [-0.05, 0) is 103 Å². The number of rotatable bonds is 7. The molecule has 210 valence electrons. The summed E-state index contributed by atoms with van der Waals surface area (Å²) in [5.41, 5.74) is 4.96. The summed E-state index contributed by atoms with van der Waals surface area (Å²) >= 11 is 0. The van der Waals surface area contributed by atoms with Crippen molar-refractivity contribution in [1.82, 2.24) is 0 Å². The molecule has 0 saturated heterocycles. The van der Waals surface area contributed by atoms with Crippen LogP contribution in [0.1, 0.15) is 52.7 Å². The van der Waals surface area contributed by atoms with Gasteiger partial charge in [0, 0.05) is 0 Å². The van der Waals surface area contributed by atoms with E-state index in [4.69, 9.17) is 8.85 Å². The Bertz CT molecular complexity index is 1600. The van der Waals surface area contributed by atoms with Crippen molar-refractivity contribution in [2.75, 3.05) is 0 Å². The van der Waals surface area contributed by atoms with Crippen molar-refractivity contribution in [2.45, 2.75) is 91.0 Å². The third kappa shape index (κ3) is 5.39. The van der Waals surface area contributed by atoms with Gasteiger partial charge in [-0.15, -0.1) is 0 Å². The Hall–Kier alpha value is -2.51. The van der Waals surface area contributed by atoms with Gasteiger partial charge in [-0.25, -0.2) is 0 Å². The van der Waals surface area contributed by atoms with Gasteiger partial charge < -0.3 is 8.85 Å². The maximum absolute atomic E-state index is 6.71. The number of hydrogen-bond acceptors (Lipinski definition) is 2. The molecule has 0 atom stereocenters. The van der Waals surface area contributed by atoms with Crippen LogP contribution in [0.2, 0.25) is 36.3 Å². The Labute approximate surface area is 243 Å². The quantitative estimate of drug-likeness (QED) is 0.144. The number of hydrogen-bond donors (Lipinski definition) is 0. The van der Waals surface area contributed by atoms with E-state index in [9.17, 15) is 0 Å². The Morgan fingerprint density at radius 1 is 0.550 bits per heavy atom. The molecule has 0 bridgehead atoms. The maximum Gasteiger partial charge on any atom is 0.192 e. The van der Waals surface area contributed by atoms with Gasteiger partial charge in [0.05, 0.1) is 13.2 Å². The monoisotopic (exact) mass is 566 g/mol. The van der Waals surface area contributed by atoms with Gasteiger partial charge >= 0.3 is 0 Å². The number of benzene rings is 5. The summed E-state index contributed by atoms with van der Waals surface area (Å²) in [6.45, 7) is 24.4. The molecule has 0 aliphatic rings. The zero-order valence-electron chi connectivity index (χ0n) is 26.2. The molecule has 5 aromatic rings. The molecule has 40 heavy (non-hydrogen) atoms. The molecule has 0 N–H and O–H groups in total. The minimum atomic E-state index is -1.89. The van der Waals surface area contributed by atoms with E-state index in [0.717, 1.165) is 0 Å². The van der Waals surface area contributed by atoms with E-state index < -0.39 is 16.6 Å². The zero-order valence-corrected chi connectivity index (χ0v) is 28.2. The van der Waals surface area contributed by atoms with Gasteiger partial charge in [-0.3, -0.25) is 0 Å². The molecule has 0 heterocycles. The van der Waals surface area contributed by atoms with Crippen LogP contribution in [0.5, 0.6) is 0 Å². The molecule has 0 unspecified atom stereocenters. The van der Waals surface area contributed by atoms with Gasteiger partial charge in [-0.1, -0.05) is 102 Å². The van der Waals surface area contributed by atoms with Crippen molar-refractivity contribution >= 4 is 49.0 Å². The summed E-state index contributed by atoms with van der Waals surface area (Å²) in [7, 11) is -3.77. The topological polar surface area (TPSA) is 18.5 Å². The van der Waals surface area contributed by atoms with Crippen molar-refractivity contribution < 1.29 is 8.85 Å². The summed E-state index contributed by atoms with van der Waals surface area (Å²) in [6, 6.07) is 27.3. The van der Waals surface area contributed by atoms with Crippen LogP contribution in [0.25, 0.3) is 43.4 Å². The Morgan fingerprint density at radius 3 is 1.50 bits per heavy atom. The highest BCUT2D eigenvalue weighted by molar-refractivity contribution is 6.74. The fourth-order valence-electron chi connectivity index (χ4n) is 5.03. The molecule has 4 heteroatoms. The van der Waals surface area contributed by atoms with Crippen LogP contribution in [0, 0.1) is 0 Å². The third-order valence-electron chi connectivity index (χ3n) is 9.70. The second-order valence-electron chi connectivity index (χ2n) is 14.6. The van der Waals surface area contributed by atoms with Crippen LogP contribution in [0.15, 0.2) is 72.8 Å². The van der Waals surface area contributed by atoms with E-state index in [1.165, 1.54) is 54.6 Å². The molecule has 0 amide bonds. The predicted molar refractivity (Wildman–Crippen MR) is 180 cm³/mol. The lowest BCUT2D eigenvalue weighted by Gasteiger charge is -2.36. The summed E-state index contributed by atoms with van der Waals surface area (Å²) < 4.78 is 13.4. The first-order valence-electron chi connectivity index (χ1n) is 14.7. The molecular formula is C36H46O2Si2. The molecule has 0 radical (unpaired) electrons. The highest BCUT2D eigenvalue weighted by Gasteiger charge is 2.38. The minimum Gasteiger partial charge on any atom is -0.413 e. The van der Waals surface area contributed by atoms with Crippen molar-refractivity contribution in [1.29, 1.82) is 0 Å². The molecule has 0 fully saturated rings. The van der Waals surface area contributed by atoms with E-state index in [2.05, 4.69) is 141 Å². The van der Waals surface area contributed by atoms with Crippen LogP contribution < -0.4 is 0 Å². The second kappa shape index (κ2) is 10.1. The predicted octanol–water partition coefficient (Wildman–Crippen LogP) is 11.3. The largest absolute Gasteiger partial charge is 0.413 e. The normalized spacial score (nSPS) is 13.7. The molecule has 5 aromatic carbocycles. The highest BCUT2D eigenvalue weighted by Crippen LogP contribution is 2.41. The lowest BCUT2D eigenvalue weighted by molar-refractivity contribution is 0.271. The first-order valence-corrected chi connectivity index (χ1v) is 20.5. The van der Waals surface area contributed by atoms with E-state index in [-0.39, 0.29) is 10.1 Å². The Kier molecular flexibility index (Phi) is 7.32. The average Bonchev–Trinajstić information content (AvgIpc) is 2.88. The van der Waals surface area contributed by atoms with Gasteiger partial charge in [0.15, 0.2) is 16.6 Å². The van der Waals surface area contributed by atoms with Crippen LogP contribution in [0.4, 0.5) is 0 Å². The fraction of sp³-hybridized carbons (Fsp3) is 0.389. The molecule has 0 aliphatic heterocycles. The standard InChI is InChI=1S/C36H46O2Si2/c1-35(2,3)39(7,8)37-23-25-20-26(24-38-40(9,10)36(4,5)6)22-30(21-25)31-18-16-29-15-14-27-12-11-13-28-17-19-32(31)34(29)33(27)28/h11-22H,23-24H2,1-10H3. The van der Waals surface area contributed by atoms with Crippen LogP contribution >= 0.6 is 0 Å². The van der Waals surface area contributed by atoms with Crippen LogP contribution in [0.3, 0.4) is 0 Å². The summed E-state index contributed by atoms with van der Waals surface area (Å²) in [4.78, 5) is 0. The second-order valence-corrected chi connectivity index (χ2v) is 24.2. The molecular weight excluding hydrogens is 521 g/mol. The zero-order chi connectivity index (χ0) is 29.1. The van der Waals surface area contributed by atoms with Crippen molar-refractivity contribution in [3.63, 3.8) is 0 Å². The third-order valence-corrected chi connectivity index (χ3v) is 18.7. The van der Waals surface area contributed by atoms with E-state index in [1.54, 1.807) is 0 Å². The lowest BCUT2D eigenvalue weighted by atomic mass is 9.89. The first-order chi connectivity index (χ1) is 18.6. The SMILES string of the molecule is CC(C)(C)[Si](C)(C)OCc1cc(CO[Si](C)(C)C(C)(C)C)cc(-c2ccc3ccc4cccc5ccc2c3c45)c1. The molecule has 0 saturated carbocycles. The van der Waals surface area contributed by atoms with Crippen LogP contribution in [-0.4, -0.2) is 16.6 Å². The molecule has 0 aliphatic carbocycles. The van der Waals surface area contributed by atoms with E-state index in [0.29, 0.717) is 13.2 Å². The van der Waals surface area contributed by atoms with E-state index in [1.807, 2.05) is 0 Å². The summed E-state index contributed by atoms with van der Waals surface area (Å²) in [5.74, 6) is 0. The highest BCUT2D eigenvalue weighted by atomic mass is 28.4. The Balaban J connectivity index is 1.62. The average molecular weight is 567 g/mol. The van der Waals surface area contributed by atoms with Gasteiger partial charge in [0.2, 0.25) is 0 Å². The first kappa shape index (κ1) is 29.0. The summed E-state index contributed by atoms with van der Waals surface area (Å²) in [6.07, 6.45) is 0.